The van der Waals surface area contributed by atoms with Gasteiger partial charge in [0.25, 0.3) is 11.8 Å². The molecule has 3 aromatic rings. The van der Waals surface area contributed by atoms with Crippen LogP contribution in [0.3, 0.4) is 0 Å². The van der Waals surface area contributed by atoms with E-state index in [1.165, 1.54) is 42.5 Å². The number of hydrogen-bond acceptors (Lipinski definition) is 5. The molecule has 0 fully saturated rings. The third-order valence-corrected chi connectivity index (χ3v) is 6.23. The van der Waals surface area contributed by atoms with E-state index in [0.717, 1.165) is 12.1 Å². The molecule has 0 spiro atoms. The Hall–Kier alpha value is -3.24. The molecule has 1 heterocycles. The van der Waals surface area contributed by atoms with E-state index in [4.69, 9.17) is 51.1 Å². The zero-order chi connectivity index (χ0) is 27.1. The van der Waals surface area contributed by atoms with Crippen LogP contribution in [-0.2, 0) is 15.8 Å². The minimum atomic E-state index is -4.73. The summed E-state index contributed by atoms with van der Waals surface area (Å²) in [4.78, 5) is 38.5. The molecule has 0 atom stereocenters. The summed E-state index contributed by atoms with van der Waals surface area (Å²) >= 11 is 23.8. The number of carbonyl (C=O) groups excluding carboxylic acids is 3. The minimum absolute atomic E-state index is 0.0959. The van der Waals surface area contributed by atoms with Crippen LogP contribution in [0.25, 0.3) is 0 Å². The largest absolute Gasteiger partial charge is 0.421 e. The number of nitrogens with zero attached hydrogens (tertiary/aromatic N) is 1. The van der Waals surface area contributed by atoms with Crippen molar-refractivity contribution in [2.24, 2.45) is 0 Å². The lowest BCUT2D eigenvalue weighted by atomic mass is 10.1. The summed E-state index contributed by atoms with van der Waals surface area (Å²) in [6.07, 6.45) is -4.73. The van der Waals surface area contributed by atoms with Gasteiger partial charge in [-0.25, -0.2) is 9.69 Å². The standard InChI is InChI=1S/C24H11Cl4F3N2O4/c25-13-4-8-18(16(27)10-13)37-23(36)11-1-5-14(6-2-11)32-20-19(28)21(34)33(22(20)35)17-9-12(24(29,30)31)3-7-15(17)26/h1-10,32H. The Bertz CT molecular complexity index is 1470. The number of nitrogens with one attached hydrogen (secondary N) is 1. The molecule has 13 heteroatoms. The van der Waals surface area contributed by atoms with Crippen molar-refractivity contribution in [3.8, 4) is 5.75 Å². The highest BCUT2D eigenvalue weighted by Crippen LogP contribution is 2.39. The van der Waals surface area contributed by atoms with E-state index in [1.807, 2.05) is 0 Å². The second-order valence-electron chi connectivity index (χ2n) is 7.47. The van der Waals surface area contributed by atoms with Crippen LogP contribution in [0.15, 0.2) is 71.4 Å². The summed E-state index contributed by atoms with van der Waals surface area (Å²) in [6, 6.07) is 12.1. The predicted octanol–water partition coefficient (Wildman–Crippen LogP) is 7.32. The lowest BCUT2D eigenvalue weighted by Gasteiger charge is -2.18. The Kier molecular flexibility index (Phi) is 7.43. The number of ether oxygens (including phenoxy) is 1. The fourth-order valence-corrected chi connectivity index (χ4v) is 4.10. The second-order valence-corrected chi connectivity index (χ2v) is 9.09. The average molecular weight is 590 g/mol. The first-order valence-corrected chi connectivity index (χ1v) is 11.6. The van der Waals surface area contributed by atoms with Crippen molar-refractivity contribution in [1.29, 1.82) is 0 Å². The molecule has 0 aromatic heterocycles. The summed E-state index contributed by atoms with van der Waals surface area (Å²) in [7, 11) is 0. The smallest absolute Gasteiger partial charge is 0.416 e. The van der Waals surface area contributed by atoms with E-state index in [0.29, 0.717) is 16.0 Å². The molecule has 0 saturated carbocycles. The zero-order valence-corrected chi connectivity index (χ0v) is 21.0. The van der Waals surface area contributed by atoms with Crippen molar-refractivity contribution in [1.82, 2.24) is 0 Å². The third kappa shape index (κ3) is 5.55. The van der Waals surface area contributed by atoms with E-state index < -0.39 is 40.2 Å². The highest BCUT2D eigenvalue weighted by atomic mass is 35.5. The number of rotatable bonds is 5. The van der Waals surface area contributed by atoms with Crippen LogP contribution in [0.5, 0.6) is 5.75 Å². The Morgan fingerprint density at radius 2 is 1.51 bits per heavy atom. The number of hydrogen-bond donors (Lipinski definition) is 1. The molecule has 4 rings (SSSR count). The van der Waals surface area contributed by atoms with Gasteiger partial charge >= 0.3 is 12.1 Å². The minimum Gasteiger partial charge on any atom is -0.421 e. The summed E-state index contributed by atoms with van der Waals surface area (Å²) in [5.74, 6) is -2.71. The van der Waals surface area contributed by atoms with Gasteiger partial charge in [-0.3, -0.25) is 9.59 Å². The van der Waals surface area contributed by atoms with Gasteiger partial charge < -0.3 is 10.1 Å². The zero-order valence-electron chi connectivity index (χ0n) is 18.0. The van der Waals surface area contributed by atoms with E-state index >= 15 is 0 Å². The lowest BCUT2D eigenvalue weighted by Crippen LogP contribution is -2.32. The maximum Gasteiger partial charge on any atom is 0.416 e. The van der Waals surface area contributed by atoms with Crippen LogP contribution in [0, 0.1) is 0 Å². The number of halogens is 7. The molecular weight excluding hydrogens is 579 g/mol. The van der Waals surface area contributed by atoms with Crippen LogP contribution < -0.4 is 15.0 Å². The van der Waals surface area contributed by atoms with Gasteiger partial charge in [-0.1, -0.05) is 46.4 Å². The first kappa shape index (κ1) is 26.8. The Morgan fingerprint density at radius 3 is 2.14 bits per heavy atom. The Balaban J connectivity index is 1.52. The van der Waals surface area contributed by atoms with Crippen LogP contribution in [0.1, 0.15) is 15.9 Å². The molecule has 0 aliphatic carbocycles. The number of alkyl halides is 3. The summed E-state index contributed by atoms with van der Waals surface area (Å²) in [6.45, 7) is 0. The first-order chi connectivity index (χ1) is 17.4. The van der Waals surface area contributed by atoms with Gasteiger partial charge in [0, 0.05) is 10.7 Å². The molecule has 1 aliphatic rings. The van der Waals surface area contributed by atoms with Gasteiger partial charge in [0.15, 0.2) is 0 Å². The number of carbonyl (C=O) groups is 3. The summed E-state index contributed by atoms with van der Waals surface area (Å²) in [5.41, 5.74) is -1.59. The van der Waals surface area contributed by atoms with Gasteiger partial charge in [-0.05, 0) is 60.7 Å². The van der Waals surface area contributed by atoms with E-state index in [9.17, 15) is 27.6 Å². The Labute approximate surface area is 227 Å². The van der Waals surface area contributed by atoms with Crippen molar-refractivity contribution in [3.63, 3.8) is 0 Å². The van der Waals surface area contributed by atoms with Crippen molar-refractivity contribution in [2.75, 3.05) is 10.2 Å². The van der Waals surface area contributed by atoms with Crippen LogP contribution in [-0.4, -0.2) is 17.8 Å². The molecule has 3 aromatic carbocycles. The molecule has 1 aliphatic heterocycles. The normalized spacial score (nSPS) is 13.9. The van der Waals surface area contributed by atoms with Crippen LogP contribution >= 0.6 is 46.4 Å². The predicted molar refractivity (Wildman–Crippen MR) is 133 cm³/mol. The topological polar surface area (TPSA) is 75.7 Å². The molecule has 37 heavy (non-hydrogen) atoms. The highest BCUT2D eigenvalue weighted by molar-refractivity contribution is 6.53. The summed E-state index contributed by atoms with van der Waals surface area (Å²) < 4.78 is 44.7. The van der Waals surface area contributed by atoms with Crippen LogP contribution in [0.4, 0.5) is 24.5 Å². The maximum atomic E-state index is 13.1. The summed E-state index contributed by atoms with van der Waals surface area (Å²) in [5, 5.41) is 2.33. The molecule has 1 N–H and O–H groups in total. The van der Waals surface area contributed by atoms with Crippen molar-refractivity contribution in [3.05, 3.63) is 97.6 Å². The van der Waals surface area contributed by atoms with Crippen LogP contribution in [0.2, 0.25) is 15.1 Å². The number of anilines is 2. The quantitative estimate of drug-likeness (QED) is 0.192. The highest BCUT2D eigenvalue weighted by Gasteiger charge is 2.41. The van der Waals surface area contributed by atoms with Gasteiger partial charge in [0.1, 0.15) is 16.5 Å². The average Bonchev–Trinajstić information content (AvgIpc) is 3.04. The third-order valence-electron chi connectivity index (χ3n) is 5.03. The van der Waals surface area contributed by atoms with Gasteiger partial charge in [0.05, 0.1) is 26.9 Å². The van der Waals surface area contributed by atoms with Crippen molar-refractivity contribution >= 4 is 75.6 Å². The molecule has 0 unspecified atom stereocenters. The maximum absolute atomic E-state index is 13.1. The lowest BCUT2D eigenvalue weighted by molar-refractivity contribution is -0.137. The monoisotopic (exact) mass is 588 g/mol. The van der Waals surface area contributed by atoms with Crippen molar-refractivity contribution < 1.29 is 32.3 Å². The van der Waals surface area contributed by atoms with E-state index in [2.05, 4.69) is 5.32 Å². The molecule has 0 bridgehead atoms. The number of esters is 1. The molecule has 190 valence electrons. The fourth-order valence-electron chi connectivity index (χ4n) is 3.24. The van der Waals surface area contributed by atoms with Crippen molar-refractivity contribution in [2.45, 2.75) is 6.18 Å². The SMILES string of the molecule is O=C(Oc1ccc(Cl)cc1Cl)c1ccc(NC2=C(Cl)C(=O)N(c3cc(C(F)(F)F)ccc3Cl)C2=O)cc1. The molecule has 0 radical (unpaired) electrons. The Morgan fingerprint density at radius 1 is 0.838 bits per heavy atom. The molecule has 6 nitrogen and oxygen atoms in total. The number of imide groups is 1. The van der Waals surface area contributed by atoms with Gasteiger partial charge in [-0.15, -0.1) is 0 Å². The molecule has 2 amide bonds. The molecule has 0 saturated heterocycles. The van der Waals surface area contributed by atoms with Gasteiger partial charge in [-0.2, -0.15) is 13.2 Å². The fraction of sp³-hybridized carbons (Fsp3) is 0.0417. The van der Waals surface area contributed by atoms with Gasteiger partial charge in [0.2, 0.25) is 0 Å². The number of amides is 2. The first-order valence-electron chi connectivity index (χ1n) is 10.1. The van der Waals surface area contributed by atoms with E-state index in [1.54, 1.807) is 0 Å². The second kappa shape index (κ2) is 10.3. The number of benzene rings is 3. The van der Waals surface area contributed by atoms with E-state index in [-0.39, 0.29) is 32.7 Å². The molecular formula is C24H11Cl4F3N2O4.